The molecule has 0 aromatic heterocycles. The van der Waals surface area contributed by atoms with Crippen molar-refractivity contribution in [3.8, 4) is 0 Å². The molecule has 1 aromatic rings. The second kappa shape index (κ2) is 5.99. The molecule has 0 atom stereocenters. The quantitative estimate of drug-likeness (QED) is 0.450. The van der Waals surface area contributed by atoms with Crippen LogP contribution in [0.25, 0.3) is 0 Å². The highest BCUT2D eigenvalue weighted by Gasteiger charge is 2.25. The van der Waals surface area contributed by atoms with Crippen molar-refractivity contribution in [1.82, 2.24) is 4.72 Å². The number of benzene rings is 1. The van der Waals surface area contributed by atoms with Crippen molar-refractivity contribution in [2.24, 2.45) is 5.73 Å². The number of hydrogen-bond donors (Lipinski definition) is 2. The molecule has 0 saturated heterocycles. The molecule has 0 saturated carbocycles. The molecule has 0 bridgehead atoms. The van der Waals surface area contributed by atoms with E-state index in [0.29, 0.717) is 12.5 Å². The molecular weight excluding hydrogens is 284 g/mol. The Morgan fingerprint density at radius 2 is 1.95 bits per heavy atom. The largest absolute Gasteiger partial charge is 0.330 e. The van der Waals surface area contributed by atoms with Gasteiger partial charge in [-0.1, -0.05) is 0 Å². The fraction of sp³-hybridized carbons (Fsp3) is 0.333. The second-order valence-electron chi connectivity index (χ2n) is 3.53. The predicted molar refractivity (Wildman–Crippen MR) is 61.9 cm³/mol. The third-order valence-electron chi connectivity index (χ3n) is 2.16. The predicted octanol–water partition coefficient (Wildman–Crippen LogP) is 0.500. The normalized spacial score (nSPS) is 11.5. The van der Waals surface area contributed by atoms with E-state index in [-0.39, 0.29) is 19.2 Å². The van der Waals surface area contributed by atoms with Gasteiger partial charge in [-0.05, 0) is 13.0 Å². The SMILES string of the molecule is NCCCNS(=O)(=O)c1cc([N+](=O)[O-])c(F)cc1F. The summed E-state index contributed by atoms with van der Waals surface area (Å²) in [5, 5.41) is 10.5. The number of nitro benzene ring substituents is 1. The Bertz CT molecular complexity index is 591. The topological polar surface area (TPSA) is 115 Å². The van der Waals surface area contributed by atoms with E-state index in [9.17, 15) is 27.3 Å². The van der Waals surface area contributed by atoms with Gasteiger partial charge in [0.25, 0.3) is 0 Å². The first kappa shape index (κ1) is 15.4. The maximum absolute atomic E-state index is 13.4. The molecule has 0 aliphatic rings. The Morgan fingerprint density at radius 1 is 1.32 bits per heavy atom. The van der Waals surface area contributed by atoms with Gasteiger partial charge in [-0.3, -0.25) is 10.1 Å². The first-order chi connectivity index (χ1) is 8.79. The average Bonchev–Trinajstić information content (AvgIpc) is 2.28. The lowest BCUT2D eigenvalue weighted by atomic mass is 10.3. The lowest BCUT2D eigenvalue weighted by Gasteiger charge is -2.07. The Balaban J connectivity index is 3.19. The molecule has 0 spiro atoms. The summed E-state index contributed by atoms with van der Waals surface area (Å²) in [6.45, 7) is 0.165. The smallest absolute Gasteiger partial charge is 0.306 e. The van der Waals surface area contributed by atoms with Crippen LogP contribution < -0.4 is 10.5 Å². The third kappa shape index (κ3) is 3.66. The molecular formula is C9H11F2N3O4S. The van der Waals surface area contributed by atoms with Crippen molar-refractivity contribution in [2.45, 2.75) is 11.3 Å². The number of nitrogens with one attached hydrogen (secondary N) is 1. The summed E-state index contributed by atoms with van der Waals surface area (Å²) in [6, 6.07) is 0.505. The summed E-state index contributed by atoms with van der Waals surface area (Å²) in [5.41, 5.74) is 4.05. The van der Waals surface area contributed by atoms with Gasteiger partial charge in [-0.2, -0.15) is 4.39 Å². The maximum Gasteiger partial charge on any atom is 0.306 e. The molecule has 1 rings (SSSR count). The number of nitro groups is 1. The standard InChI is InChI=1S/C9H11F2N3O4S/c10-6-4-7(11)9(5-8(6)14(15)16)19(17,18)13-3-1-2-12/h4-5,13H,1-3,12H2. The summed E-state index contributed by atoms with van der Waals surface area (Å²) < 4.78 is 51.8. The Labute approximate surface area is 107 Å². The van der Waals surface area contributed by atoms with E-state index in [1.165, 1.54) is 0 Å². The van der Waals surface area contributed by atoms with Crippen LogP contribution in [0.5, 0.6) is 0 Å². The van der Waals surface area contributed by atoms with Gasteiger partial charge in [-0.15, -0.1) is 0 Å². The van der Waals surface area contributed by atoms with E-state index in [1.807, 2.05) is 4.72 Å². The Morgan fingerprint density at radius 3 is 2.47 bits per heavy atom. The summed E-state index contributed by atoms with van der Waals surface area (Å²) in [7, 11) is -4.29. The van der Waals surface area contributed by atoms with Gasteiger partial charge in [0.05, 0.1) is 4.92 Å². The van der Waals surface area contributed by atoms with Crippen LogP contribution in [0.1, 0.15) is 6.42 Å². The number of rotatable bonds is 6. The summed E-state index contributed by atoms with van der Waals surface area (Å²) in [5.74, 6) is -2.84. The van der Waals surface area contributed by atoms with Gasteiger partial charge in [0.1, 0.15) is 10.7 Å². The molecule has 1 aromatic carbocycles. The average molecular weight is 295 g/mol. The fourth-order valence-corrected chi connectivity index (χ4v) is 2.40. The molecule has 10 heteroatoms. The zero-order chi connectivity index (χ0) is 14.6. The van der Waals surface area contributed by atoms with Crippen LogP contribution in [0.2, 0.25) is 0 Å². The number of hydrogen-bond acceptors (Lipinski definition) is 5. The van der Waals surface area contributed by atoms with Crippen LogP contribution >= 0.6 is 0 Å². The zero-order valence-corrected chi connectivity index (χ0v) is 10.4. The van der Waals surface area contributed by atoms with Crippen LogP contribution in [0.4, 0.5) is 14.5 Å². The number of nitrogens with zero attached hydrogens (tertiary/aromatic N) is 1. The zero-order valence-electron chi connectivity index (χ0n) is 9.60. The van der Waals surface area contributed by atoms with Crippen molar-refractivity contribution in [3.05, 3.63) is 33.9 Å². The monoisotopic (exact) mass is 295 g/mol. The van der Waals surface area contributed by atoms with Gasteiger partial charge in [-0.25, -0.2) is 17.5 Å². The van der Waals surface area contributed by atoms with Crippen molar-refractivity contribution < 1.29 is 22.1 Å². The van der Waals surface area contributed by atoms with Crippen LogP contribution in [0, 0.1) is 21.7 Å². The van der Waals surface area contributed by atoms with Crippen LogP contribution in [0.3, 0.4) is 0 Å². The van der Waals surface area contributed by atoms with E-state index in [2.05, 4.69) is 0 Å². The van der Waals surface area contributed by atoms with Gasteiger partial charge in [0.2, 0.25) is 15.8 Å². The van der Waals surface area contributed by atoms with Crippen molar-refractivity contribution in [3.63, 3.8) is 0 Å². The molecule has 0 fully saturated rings. The number of nitrogens with two attached hydrogens (primary N) is 1. The van der Waals surface area contributed by atoms with E-state index in [0.717, 1.165) is 0 Å². The Kier molecular flexibility index (Phi) is 4.86. The minimum Gasteiger partial charge on any atom is -0.330 e. The fourth-order valence-electron chi connectivity index (χ4n) is 1.25. The van der Waals surface area contributed by atoms with E-state index >= 15 is 0 Å². The van der Waals surface area contributed by atoms with E-state index in [4.69, 9.17) is 5.73 Å². The summed E-state index contributed by atoms with van der Waals surface area (Å²) >= 11 is 0. The van der Waals surface area contributed by atoms with Gasteiger partial charge in [0, 0.05) is 18.7 Å². The van der Waals surface area contributed by atoms with Crippen LogP contribution in [-0.2, 0) is 10.0 Å². The molecule has 0 unspecified atom stereocenters. The van der Waals surface area contributed by atoms with Gasteiger partial charge in [0.15, 0.2) is 0 Å². The van der Waals surface area contributed by atoms with Gasteiger partial charge >= 0.3 is 5.69 Å². The van der Waals surface area contributed by atoms with Gasteiger partial charge < -0.3 is 5.73 Å². The molecule has 3 N–H and O–H groups in total. The molecule has 0 aliphatic heterocycles. The Hall–Kier alpha value is -1.65. The molecule has 0 aliphatic carbocycles. The minimum atomic E-state index is -4.29. The second-order valence-corrected chi connectivity index (χ2v) is 5.27. The van der Waals surface area contributed by atoms with E-state index in [1.54, 1.807) is 0 Å². The lowest BCUT2D eigenvalue weighted by molar-refractivity contribution is -0.387. The first-order valence-corrected chi connectivity index (χ1v) is 6.61. The van der Waals surface area contributed by atoms with Crippen molar-refractivity contribution in [1.29, 1.82) is 0 Å². The number of sulfonamides is 1. The maximum atomic E-state index is 13.4. The molecule has 0 heterocycles. The molecule has 19 heavy (non-hydrogen) atoms. The molecule has 0 radical (unpaired) electrons. The van der Waals surface area contributed by atoms with Crippen LogP contribution in [-0.4, -0.2) is 26.4 Å². The summed E-state index contributed by atoms with van der Waals surface area (Å²) in [6.07, 6.45) is 0.310. The van der Waals surface area contributed by atoms with Crippen molar-refractivity contribution >= 4 is 15.7 Å². The van der Waals surface area contributed by atoms with Crippen molar-refractivity contribution in [2.75, 3.05) is 13.1 Å². The lowest BCUT2D eigenvalue weighted by Crippen LogP contribution is -2.27. The number of halogens is 2. The highest BCUT2D eigenvalue weighted by Crippen LogP contribution is 2.24. The molecule has 7 nitrogen and oxygen atoms in total. The summed E-state index contributed by atoms with van der Waals surface area (Å²) in [4.78, 5) is 8.38. The molecule has 0 amide bonds. The van der Waals surface area contributed by atoms with Crippen LogP contribution in [0.15, 0.2) is 17.0 Å². The highest BCUT2D eigenvalue weighted by atomic mass is 32.2. The van der Waals surface area contributed by atoms with E-state index < -0.39 is 37.2 Å². The first-order valence-electron chi connectivity index (χ1n) is 5.12. The highest BCUT2D eigenvalue weighted by molar-refractivity contribution is 7.89. The molecule has 106 valence electrons. The third-order valence-corrected chi connectivity index (χ3v) is 3.64. The minimum absolute atomic E-state index is 0.0521.